The van der Waals surface area contributed by atoms with Crippen molar-refractivity contribution in [3.63, 3.8) is 0 Å². The highest BCUT2D eigenvalue weighted by atomic mass is 79.9. The largest absolute Gasteiger partial charge is 0.395 e. The van der Waals surface area contributed by atoms with Gasteiger partial charge < -0.3 is 10.2 Å². The van der Waals surface area contributed by atoms with E-state index in [-0.39, 0.29) is 22.9 Å². The number of aliphatic hydroxyl groups excluding tert-OH is 2. The SMILES string of the molecule is O=c1ncc(/C=C/Br)cn1C1CC(O)C(CO)S1. The number of nitrogens with zero attached hydrogens (tertiary/aromatic N) is 2. The van der Waals surface area contributed by atoms with Gasteiger partial charge in [-0.25, -0.2) is 9.78 Å². The third kappa shape index (κ3) is 2.85. The van der Waals surface area contributed by atoms with Crippen LogP contribution in [0.5, 0.6) is 0 Å². The molecule has 0 saturated carbocycles. The molecule has 0 spiro atoms. The van der Waals surface area contributed by atoms with E-state index in [1.54, 1.807) is 17.3 Å². The zero-order chi connectivity index (χ0) is 13.1. The maximum atomic E-state index is 11.7. The van der Waals surface area contributed by atoms with Gasteiger partial charge in [0.05, 0.1) is 23.3 Å². The normalized spacial score (nSPS) is 28.1. The Kier molecular flexibility index (Phi) is 4.60. The predicted octanol–water partition coefficient (Wildman–Crippen LogP) is 0.966. The number of halogens is 1. The van der Waals surface area contributed by atoms with E-state index in [9.17, 15) is 9.90 Å². The molecule has 5 nitrogen and oxygen atoms in total. The van der Waals surface area contributed by atoms with Gasteiger partial charge in [-0.05, 0) is 11.1 Å². The van der Waals surface area contributed by atoms with E-state index in [0.717, 1.165) is 5.56 Å². The Morgan fingerprint density at radius 3 is 3.06 bits per heavy atom. The van der Waals surface area contributed by atoms with Crippen molar-refractivity contribution in [2.24, 2.45) is 0 Å². The minimum Gasteiger partial charge on any atom is -0.395 e. The molecule has 0 amide bonds. The first-order chi connectivity index (χ1) is 8.65. The van der Waals surface area contributed by atoms with Crippen molar-refractivity contribution in [1.29, 1.82) is 0 Å². The molecule has 1 aliphatic heterocycles. The lowest BCUT2D eigenvalue weighted by Crippen LogP contribution is -2.24. The number of thioether (sulfide) groups is 1. The molecule has 1 aromatic heterocycles. The van der Waals surface area contributed by atoms with Gasteiger partial charge in [-0.2, -0.15) is 0 Å². The van der Waals surface area contributed by atoms with Crippen molar-refractivity contribution in [3.8, 4) is 0 Å². The molecule has 0 radical (unpaired) electrons. The monoisotopic (exact) mass is 332 g/mol. The van der Waals surface area contributed by atoms with E-state index >= 15 is 0 Å². The van der Waals surface area contributed by atoms with E-state index in [1.807, 2.05) is 0 Å². The second-order valence-electron chi connectivity index (χ2n) is 3.98. The molecular formula is C11H13BrN2O3S. The quantitative estimate of drug-likeness (QED) is 0.862. The van der Waals surface area contributed by atoms with Crippen LogP contribution in [0.15, 0.2) is 22.2 Å². The lowest BCUT2D eigenvalue weighted by Gasteiger charge is -2.12. The Balaban J connectivity index is 2.28. The molecule has 3 atom stereocenters. The summed E-state index contributed by atoms with van der Waals surface area (Å²) in [4.78, 5) is 17.2. The van der Waals surface area contributed by atoms with E-state index in [4.69, 9.17) is 5.11 Å². The van der Waals surface area contributed by atoms with Crippen LogP contribution in [-0.2, 0) is 0 Å². The Labute approximate surface area is 117 Å². The molecule has 18 heavy (non-hydrogen) atoms. The second-order valence-corrected chi connectivity index (χ2v) is 5.94. The van der Waals surface area contributed by atoms with Crippen LogP contribution in [0.2, 0.25) is 0 Å². The summed E-state index contributed by atoms with van der Waals surface area (Å²) in [5, 5.41) is 18.4. The van der Waals surface area contributed by atoms with Gasteiger partial charge in [0.15, 0.2) is 0 Å². The van der Waals surface area contributed by atoms with Gasteiger partial charge in [0, 0.05) is 24.4 Å². The van der Waals surface area contributed by atoms with Crippen LogP contribution in [0.1, 0.15) is 17.4 Å². The molecule has 0 bridgehead atoms. The molecule has 1 aromatic rings. The van der Waals surface area contributed by atoms with Crippen molar-refractivity contribution in [3.05, 3.63) is 33.4 Å². The summed E-state index contributed by atoms with van der Waals surface area (Å²) >= 11 is 4.57. The highest BCUT2D eigenvalue weighted by Crippen LogP contribution is 2.40. The lowest BCUT2D eigenvalue weighted by atomic mass is 10.2. The lowest BCUT2D eigenvalue weighted by molar-refractivity contribution is 0.137. The van der Waals surface area contributed by atoms with E-state index in [2.05, 4.69) is 20.9 Å². The summed E-state index contributed by atoms with van der Waals surface area (Å²) in [5.41, 5.74) is 0.457. The van der Waals surface area contributed by atoms with Crippen LogP contribution >= 0.6 is 27.7 Å². The molecule has 2 N–H and O–H groups in total. The third-order valence-electron chi connectivity index (χ3n) is 2.78. The van der Waals surface area contributed by atoms with Gasteiger partial charge >= 0.3 is 5.69 Å². The average molecular weight is 333 g/mol. The van der Waals surface area contributed by atoms with Crippen LogP contribution in [0.3, 0.4) is 0 Å². The Morgan fingerprint density at radius 1 is 1.67 bits per heavy atom. The van der Waals surface area contributed by atoms with E-state index in [1.165, 1.54) is 22.5 Å². The summed E-state index contributed by atoms with van der Waals surface area (Å²) in [7, 11) is 0. The first kappa shape index (κ1) is 13.8. The first-order valence-corrected chi connectivity index (χ1v) is 7.31. The summed E-state index contributed by atoms with van der Waals surface area (Å²) in [5.74, 6) is 0. The molecule has 2 rings (SSSR count). The molecule has 98 valence electrons. The van der Waals surface area contributed by atoms with Gasteiger partial charge in [0.1, 0.15) is 0 Å². The van der Waals surface area contributed by atoms with Gasteiger partial charge in [-0.15, -0.1) is 11.8 Å². The summed E-state index contributed by atoms with van der Waals surface area (Å²) in [6.45, 7) is -0.0918. The summed E-state index contributed by atoms with van der Waals surface area (Å²) in [6, 6.07) is 0. The van der Waals surface area contributed by atoms with Gasteiger partial charge in [-0.3, -0.25) is 4.57 Å². The van der Waals surface area contributed by atoms with Crippen molar-refractivity contribution >= 4 is 33.8 Å². The van der Waals surface area contributed by atoms with Crippen molar-refractivity contribution in [2.75, 3.05) is 6.61 Å². The highest BCUT2D eigenvalue weighted by Gasteiger charge is 2.34. The molecule has 1 aliphatic rings. The Hall–Kier alpha value is -0.630. The molecule has 0 aliphatic carbocycles. The Morgan fingerprint density at radius 2 is 2.44 bits per heavy atom. The van der Waals surface area contributed by atoms with Crippen molar-refractivity contribution in [2.45, 2.75) is 23.1 Å². The van der Waals surface area contributed by atoms with E-state index in [0.29, 0.717) is 6.42 Å². The Bertz CT molecular complexity index is 505. The second kappa shape index (κ2) is 6.01. The minimum absolute atomic E-state index is 0.0918. The standard InChI is InChI=1S/C11H13BrN2O3S/c12-2-1-7-4-13-11(17)14(5-7)10-3-8(16)9(6-15)18-10/h1-2,4-5,8-10,15-16H,3,6H2/b2-1+. The average Bonchev–Trinajstić information content (AvgIpc) is 2.73. The maximum Gasteiger partial charge on any atom is 0.348 e. The van der Waals surface area contributed by atoms with Crippen LogP contribution in [0.4, 0.5) is 0 Å². The fourth-order valence-corrected chi connectivity index (χ4v) is 3.54. The van der Waals surface area contributed by atoms with Gasteiger partial charge in [0.25, 0.3) is 0 Å². The van der Waals surface area contributed by atoms with Gasteiger partial charge in [0.2, 0.25) is 0 Å². The molecule has 0 aromatic carbocycles. The molecule has 3 unspecified atom stereocenters. The first-order valence-electron chi connectivity index (χ1n) is 5.45. The minimum atomic E-state index is -0.590. The van der Waals surface area contributed by atoms with Crippen molar-refractivity contribution in [1.82, 2.24) is 9.55 Å². The van der Waals surface area contributed by atoms with Crippen LogP contribution in [-0.4, -0.2) is 37.7 Å². The molecule has 1 fully saturated rings. The molecular weight excluding hydrogens is 320 g/mol. The fraction of sp³-hybridized carbons (Fsp3) is 0.455. The highest BCUT2D eigenvalue weighted by molar-refractivity contribution is 9.11. The molecule has 1 saturated heterocycles. The predicted molar refractivity (Wildman–Crippen MR) is 74.6 cm³/mol. The number of hydrogen-bond donors (Lipinski definition) is 2. The van der Waals surface area contributed by atoms with Gasteiger partial charge in [-0.1, -0.05) is 15.9 Å². The molecule has 2 heterocycles. The van der Waals surface area contributed by atoms with Crippen LogP contribution in [0.25, 0.3) is 6.08 Å². The number of aliphatic hydroxyl groups is 2. The smallest absolute Gasteiger partial charge is 0.348 e. The zero-order valence-electron chi connectivity index (χ0n) is 9.44. The fourth-order valence-electron chi connectivity index (χ4n) is 1.86. The number of aromatic nitrogens is 2. The number of hydrogen-bond acceptors (Lipinski definition) is 5. The van der Waals surface area contributed by atoms with Crippen LogP contribution in [0, 0.1) is 0 Å². The number of rotatable bonds is 3. The molecule has 7 heteroatoms. The summed E-state index contributed by atoms with van der Waals surface area (Å²) in [6.07, 6.45) is 4.83. The van der Waals surface area contributed by atoms with Crippen molar-refractivity contribution < 1.29 is 10.2 Å². The third-order valence-corrected chi connectivity index (χ3v) is 4.59. The maximum absolute atomic E-state index is 11.7. The zero-order valence-corrected chi connectivity index (χ0v) is 11.8. The topological polar surface area (TPSA) is 75.4 Å². The summed E-state index contributed by atoms with van der Waals surface area (Å²) < 4.78 is 1.51. The van der Waals surface area contributed by atoms with Crippen LogP contribution < -0.4 is 5.69 Å². The van der Waals surface area contributed by atoms with E-state index < -0.39 is 6.10 Å².